The molecule has 0 aromatic heterocycles. The zero-order valence-corrected chi connectivity index (χ0v) is 13.4. The van der Waals surface area contributed by atoms with E-state index in [2.05, 4.69) is 58.0 Å². The number of rotatable bonds is 2. The van der Waals surface area contributed by atoms with Gasteiger partial charge in [-0.05, 0) is 55.9 Å². The molecule has 1 aliphatic carbocycles. The van der Waals surface area contributed by atoms with E-state index in [4.69, 9.17) is 0 Å². The second-order valence-corrected chi connectivity index (χ2v) is 7.69. The molecule has 1 nitrogen and oxygen atoms in total. The fraction of sp³-hybridized carbons (Fsp3) is 0.632. The summed E-state index contributed by atoms with van der Waals surface area (Å²) in [6.45, 7) is 9.10. The van der Waals surface area contributed by atoms with Crippen LogP contribution in [0.5, 0.6) is 0 Å². The molecule has 0 saturated heterocycles. The minimum absolute atomic E-state index is 0.128. The van der Waals surface area contributed by atoms with Crippen LogP contribution < -0.4 is 0 Å². The number of nitrogens with zero attached hydrogens (tertiary/aromatic N) is 1. The molecule has 0 atom stereocenters. The van der Waals surface area contributed by atoms with Crippen molar-refractivity contribution in [3.8, 4) is 6.07 Å². The third-order valence-corrected chi connectivity index (χ3v) is 5.07. The maximum absolute atomic E-state index is 9.70. The molecule has 1 aromatic carbocycles. The standard InChI is InChI=1S/C19H27N/c1-15-5-7-16(8-6-15)13-19(14-20)11-9-17(10-12-19)18(2,3)4/h5-8,17H,9-13H2,1-4H3. The minimum Gasteiger partial charge on any atom is -0.198 e. The molecule has 0 unspecified atom stereocenters. The lowest BCUT2D eigenvalue weighted by molar-refractivity contribution is 0.120. The molecule has 20 heavy (non-hydrogen) atoms. The quantitative estimate of drug-likeness (QED) is 0.716. The lowest BCUT2D eigenvalue weighted by atomic mass is 9.63. The molecule has 1 aliphatic rings. The van der Waals surface area contributed by atoms with Gasteiger partial charge >= 0.3 is 0 Å². The van der Waals surface area contributed by atoms with E-state index in [-0.39, 0.29) is 5.41 Å². The average molecular weight is 269 g/mol. The Morgan fingerprint density at radius 1 is 1.15 bits per heavy atom. The fourth-order valence-electron chi connectivity index (χ4n) is 3.46. The van der Waals surface area contributed by atoms with Gasteiger partial charge in [0.25, 0.3) is 0 Å². The van der Waals surface area contributed by atoms with Crippen molar-refractivity contribution in [3.63, 3.8) is 0 Å². The molecule has 108 valence electrons. The molecule has 0 radical (unpaired) electrons. The maximum atomic E-state index is 9.70. The molecular formula is C19H27N. The first kappa shape index (κ1) is 15.1. The fourth-order valence-corrected chi connectivity index (χ4v) is 3.46. The van der Waals surface area contributed by atoms with Gasteiger partial charge in [0.05, 0.1) is 11.5 Å². The van der Waals surface area contributed by atoms with Gasteiger partial charge in [0.1, 0.15) is 0 Å². The van der Waals surface area contributed by atoms with Gasteiger partial charge < -0.3 is 0 Å². The van der Waals surface area contributed by atoms with Crippen LogP contribution in [0.25, 0.3) is 0 Å². The Balaban J connectivity index is 2.06. The molecule has 0 spiro atoms. The predicted octanol–water partition coefficient (Wildman–Crippen LogP) is 5.28. The third-order valence-electron chi connectivity index (χ3n) is 5.07. The second kappa shape index (κ2) is 5.60. The highest BCUT2D eigenvalue weighted by molar-refractivity contribution is 5.24. The van der Waals surface area contributed by atoms with Crippen molar-refractivity contribution in [2.24, 2.45) is 16.7 Å². The first-order chi connectivity index (χ1) is 9.35. The van der Waals surface area contributed by atoms with E-state index in [1.807, 2.05) is 0 Å². The summed E-state index contributed by atoms with van der Waals surface area (Å²) in [5.41, 5.74) is 2.85. The molecule has 0 aliphatic heterocycles. The largest absolute Gasteiger partial charge is 0.198 e. The van der Waals surface area contributed by atoms with E-state index in [1.54, 1.807) is 0 Å². The molecule has 1 aromatic rings. The smallest absolute Gasteiger partial charge is 0.0693 e. The lowest BCUT2D eigenvalue weighted by Crippen LogP contribution is -2.33. The van der Waals surface area contributed by atoms with Crippen LogP contribution in [0.1, 0.15) is 57.6 Å². The van der Waals surface area contributed by atoms with Crippen LogP contribution in [0.2, 0.25) is 0 Å². The van der Waals surface area contributed by atoms with E-state index in [0.29, 0.717) is 5.41 Å². The van der Waals surface area contributed by atoms with Gasteiger partial charge in [-0.25, -0.2) is 0 Å². The summed E-state index contributed by atoms with van der Waals surface area (Å²) in [5, 5.41) is 9.70. The molecular weight excluding hydrogens is 242 g/mol. The van der Waals surface area contributed by atoms with E-state index >= 15 is 0 Å². The Morgan fingerprint density at radius 3 is 2.15 bits per heavy atom. The molecule has 2 rings (SSSR count). The molecule has 1 heteroatoms. The van der Waals surface area contributed by atoms with Gasteiger partial charge in [0.15, 0.2) is 0 Å². The van der Waals surface area contributed by atoms with Crippen molar-refractivity contribution < 1.29 is 0 Å². The van der Waals surface area contributed by atoms with Crippen LogP contribution in [-0.2, 0) is 6.42 Å². The van der Waals surface area contributed by atoms with Crippen LogP contribution in [0, 0.1) is 35.0 Å². The predicted molar refractivity (Wildman–Crippen MR) is 84.3 cm³/mol. The summed E-state index contributed by atoms with van der Waals surface area (Å²) < 4.78 is 0. The SMILES string of the molecule is Cc1ccc(CC2(C#N)CCC(C(C)(C)C)CC2)cc1. The number of nitriles is 1. The van der Waals surface area contributed by atoms with Crippen LogP contribution >= 0.6 is 0 Å². The van der Waals surface area contributed by atoms with Crippen LogP contribution in [0.15, 0.2) is 24.3 Å². The van der Waals surface area contributed by atoms with Crippen LogP contribution in [-0.4, -0.2) is 0 Å². The molecule has 0 N–H and O–H groups in total. The van der Waals surface area contributed by atoms with E-state index < -0.39 is 0 Å². The normalized spacial score (nSPS) is 27.1. The average Bonchev–Trinajstić information content (AvgIpc) is 2.41. The van der Waals surface area contributed by atoms with Crippen molar-refractivity contribution in [1.29, 1.82) is 5.26 Å². The van der Waals surface area contributed by atoms with E-state index in [0.717, 1.165) is 25.2 Å². The summed E-state index contributed by atoms with van der Waals surface area (Å²) in [7, 11) is 0. The van der Waals surface area contributed by atoms with Gasteiger partial charge in [-0.2, -0.15) is 5.26 Å². The number of aryl methyl sites for hydroxylation is 1. The van der Waals surface area contributed by atoms with Gasteiger partial charge in [0.2, 0.25) is 0 Å². The first-order valence-electron chi connectivity index (χ1n) is 7.81. The van der Waals surface area contributed by atoms with Crippen LogP contribution in [0.3, 0.4) is 0 Å². The lowest BCUT2D eigenvalue weighted by Gasteiger charge is -2.40. The molecule has 0 heterocycles. The Labute approximate surface area is 124 Å². The monoisotopic (exact) mass is 269 g/mol. The van der Waals surface area contributed by atoms with Gasteiger partial charge in [0, 0.05) is 0 Å². The van der Waals surface area contributed by atoms with Gasteiger partial charge in [-0.3, -0.25) is 0 Å². The highest BCUT2D eigenvalue weighted by Gasteiger charge is 2.38. The van der Waals surface area contributed by atoms with Crippen molar-refractivity contribution in [1.82, 2.24) is 0 Å². The van der Waals surface area contributed by atoms with Crippen molar-refractivity contribution in [2.45, 2.75) is 59.8 Å². The molecule has 0 bridgehead atoms. The van der Waals surface area contributed by atoms with Crippen molar-refractivity contribution in [2.75, 3.05) is 0 Å². The summed E-state index contributed by atoms with van der Waals surface area (Å²) in [6, 6.07) is 11.3. The van der Waals surface area contributed by atoms with Crippen molar-refractivity contribution in [3.05, 3.63) is 35.4 Å². The summed E-state index contributed by atoms with van der Waals surface area (Å²) in [4.78, 5) is 0. The molecule has 1 fully saturated rings. The topological polar surface area (TPSA) is 23.8 Å². The van der Waals surface area contributed by atoms with E-state index in [1.165, 1.54) is 24.0 Å². The molecule has 0 amide bonds. The maximum Gasteiger partial charge on any atom is 0.0693 e. The highest BCUT2D eigenvalue weighted by Crippen LogP contribution is 2.46. The van der Waals surface area contributed by atoms with Gasteiger partial charge in [-0.1, -0.05) is 50.6 Å². The first-order valence-corrected chi connectivity index (χ1v) is 7.81. The Kier molecular flexibility index (Phi) is 4.23. The molecule has 1 saturated carbocycles. The number of hydrogen-bond donors (Lipinski definition) is 0. The highest BCUT2D eigenvalue weighted by atomic mass is 14.4. The van der Waals surface area contributed by atoms with Gasteiger partial charge in [-0.15, -0.1) is 0 Å². The number of benzene rings is 1. The summed E-state index contributed by atoms with van der Waals surface area (Å²) in [5.74, 6) is 0.766. The zero-order chi connectivity index (χ0) is 14.8. The Morgan fingerprint density at radius 2 is 1.70 bits per heavy atom. The zero-order valence-electron chi connectivity index (χ0n) is 13.4. The summed E-state index contributed by atoms with van der Waals surface area (Å²) in [6.07, 6.45) is 5.42. The number of hydrogen-bond acceptors (Lipinski definition) is 1. The third kappa shape index (κ3) is 3.42. The van der Waals surface area contributed by atoms with E-state index in [9.17, 15) is 5.26 Å². The summed E-state index contributed by atoms with van der Waals surface area (Å²) >= 11 is 0. The second-order valence-electron chi connectivity index (χ2n) is 7.69. The minimum atomic E-state index is -0.128. The van der Waals surface area contributed by atoms with Crippen LogP contribution in [0.4, 0.5) is 0 Å². The Hall–Kier alpha value is -1.29. The Bertz CT molecular complexity index is 476. The van der Waals surface area contributed by atoms with Crippen molar-refractivity contribution >= 4 is 0 Å².